The maximum absolute atomic E-state index is 12.0. The van der Waals surface area contributed by atoms with E-state index in [4.69, 9.17) is 0 Å². The van der Waals surface area contributed by atoms with E-state index >= 15 is 0 Å². The summed E-state index contributed by atoms with van der Waals surface area (Å²) in [5.74, 6) is -0.0442. The van der Waals surface area contributed by atoms with E-state index in [0.717, 1.165) is 18.8 Å². The second-order valence-electron chi connectivity index (χ2n) is 6.09. The zero-order valence-electron chi connectivity index (χ0n) is 16.2. The summed E-state index contributed by atoms with van der Waals surface area (Å²) < 4.78 is 33.7. The van der Waals surface area contributed by atoms with E-state index in [2.05, 4.69) is 11.0 Å². The molecule has 27 heavy (non-hydrogen) atoms. The molecular formula is C20H27N2O4S. The molecule has 0 saturated carbocycles. The Labute approximate surface area is 161 Å². The third-order valence-corrected chi connectivity index (χ3v) is 5.52. The van der Waals surface area contributed by atoms with E-state index in [1.165, 1.54) is 6.07 Å². The topological polar surface area (TPSA) is 81.1 Å². The van der Waals surface area contributed by atoms with Crippen molar-refractivity contribution in [3.05, 3.63) is 36.4 Å². The lowest BCUT2D eigenvalue weighted by Crippen LogP contribution is -2.23. The smallest absolute Gasteiger partial charge is 0.295 e. The number of nitrogens with zero attached hydrogens (tertiary/aromatic N) is 2. The normalized spacial score (nSPS) is 11.4. The Morgan fingerprint density at radius 3 is 2.04 bits per heavy atom. The van der Waals surface area contributed by atoms with Crippen LogP contribution in [-0.2, 0) is 10.1 Å². The lowest BCUT2D eigenvalue weighted by atomic mass is 10.0. The molecule has 0 aliphatic carbocycles. The van der Waals surface area contributed by atoms with Crippen molar-refractivity contribution in [2.75, 3.05) is 36.0 Å². The summed E-state index contributed by atoms with van der Waals surface area (Å²) in [6.07, 6.45) is 0. The van der Waals surface area contributed by atoms with Gasteiger partial charge < -0.3 is 14.9 Å². The standard InChI is InChI=1S/C20H27N2O4S/c1-5-21(6-2)15-12-13-16(18(23)14-15)20-17(22(7-3)8-4)10-9-11-19(20)27(24,25)26/h9-10,12-14,23H,5-8H2,1-4H3,(H,24,25,26). The Morgan fingerprint density at radius 2 is 1.56 bits per heavy atom. The second-order valence-corrected chi connectivity index (χ2v) is 7.45. The maximum atomic E-state index is 12.0. The molecule has 2 N–H and O–H groups in total. The molecule has 0 heterocycles. The molecule has 0 aromatic heterocycles. The summed E-state index contributed by atoms with van der Waals surface area (Å²) in [7, 11) is -4.51. The first-order valence-electron chi connectivity index (χ1n) is 9.13. The SMILES string of the molecule is CCN(CC)c1ccc(-c2c(S(=O)(=O)O)[c]ccc2N(CC)CC)c(O)c1. The van der Waals surface area contributed by atoms with Crippen LogP contribution in [0.25, 0.3) is 11.1 Å². The van der Waals surface area contributed by atoms with Crippen LogP contribution in [-0.4, -0.2) is 44.3 Å². The quantitative estimate of drug-likeness (QED) is 0.666. The molecule has 1 radical (unpaired) electrons. The molecular weight excluding hydrogens is 364 g/mol. The van der Waals surface area contributed by atoms with E-state index in [1.54, 1.807) is 18.2 Å². The van der Waals surface area contributed by atoms with Gasteiger partial charge in [0.25, 0.3) is 10.1 Å². The van der Waals surface area contributed by atoms with Gasteiger partial charge >= 0.3 is 0 Å². The minimum atomic E-state index is -4.51. The highest BCUT2D eigenvalue weighted by Crippen LogP contribution is 2.42. The third kappa shape index (κ3) is 4.36. The molecule has 0 unspecified atom stereocenters. The van der Waals surface area contributed by atoms with E-state index in [0.29, 0.717) is 24.3 Å². The lowest BCUT2D eigenvalue weighted by molar-refractivity contribution is 0.476. The number of benzene rings is 2. The Hall–Kier alpha value is -2.25. The van der Waals surface area contributed by atoms with Crippen molar-refractivity contribution in [3.8, 4) is 16.9 Å². The van der Waals surface area contributed by atoms with Crippen molar-refractivity contribution in [2.45, 2.75) is 32.6 Å². The van der Waals surface area contributed by atoms with Gasteiger partial charge in [-0.15, -0.1) is 0 Å². The Balaban J connectivity index is 2.76. The van der Waals surface area contributed by atoms with Crippen LogP contribution >= 0.6 is 0 Å². The third-order valence-electron chi connectivity index (χ3n) is 4.68. The van der Waals surface area contributed by atoms with Gasteiger partial charge in [0.1, 0.15) is 10.6 Å². The zero-order valence-corrected chi connectivity index (χ0v) is 17.0. The van der Waals surface area contributed by atoms with Crippen LogP contribution < -0.4 is 9.80 Å². The number of aromatic hydroxyl groups is 1. The minimum Gasteiger partial charge on any atom is -0.507 e. The Morgan fingerprint density at radius 1 is 0.963 bits per heavy atom. The summed E-state index contributed by atoms with van der Waals surface area (Å²) in [5, 5.41) is 10.7. The molecule has 2 aromatic rings. The highest BCUT2D eigenvalue weighted by Gasteiger charge is 2.24. The van der Waals surface area contributed by atoms with Gasteiger partial charge in [0.05, 0.1) is 0 Å². The molecule has 7 heteroatoms. The van der Waals surface area contributed by atoms with Crippen molar-refractivity contribution in [1.29, 1.82) is 0 Å². The minimum absolute atomic E-state index is 0.0442. The fraction of sp³-hybridized carbons (Fsp3) is 0.400. The molecule has 0 bridgehead atoms. The molecule has 2 aromatic carbocycles. The van der Waals surface area contributed by atoms with Crippen LogP contribution in [0.4, 0.5) is 11.4 Å². The van der Waals surface area contributed by atoms with Gasteiger partial charge in [-0.2, -0.15) is 8.42 Å². The zero-order chi connectivity index (χ0) is 20.2. The average molecular weight is 392 g/mol. The fourth-order valence-electron chi connectivity index (χ4n) is 3.28. The van der Waals surface area contributed by atoms with Crippen LogP contribution in [0.2, 0.25) is 0 Å². The van der Waals surface area contributed by atoms with Gasteiger partial charge in [-0.3, -0.25) is 4.55 Å². The lowest BCUT2D eigenvalue weighted by Gasteiger charge is -2.26. The number of hydrogen-bond donors (Lipinski definition) is 2. The number of phenols is 1. The van der Waals surface area contributed by atoms with E-state index in [9.17, 15) is 18.1 Å². The Bertz CT molecular complexity index is 889. The van der Waals surface area contributed by atoms with Crippen LogP contribution in [0.15, 0.2) is 35.2 Å². The predicted molar refractivity (Wildman–Crippen MR) is 109 cm³/mol. The van der Waals surface area contributed by atoms with Gasteiger partial charge in [0.15, 0.2) is 0 Å². The summed E-state index contributed by atoms with van der Waals surface area (Å²) in [6, 6.07) is 11.0. The van der Waals surface area contributed by atoms with Gasteiger partial charge in [0, 0.05) is 60.8 Å². The van der Waals surface area contributed by atoms with E-state index in [-0.39, 0.29) is 16.2 Å². The first-order chi connectivity index (χ1) is 12.8. The van der Waals surface area contributed by atoms with Gasteiger partial charge in [-0.05, 0) is 45.9 Å². The molecule has 0 fully saturated rings. The summed E-state index contributed by atoms with van der Waals surface area (Å²) in [4.78, 5) is 3.71. The van der Waals surface area contributed by atoms with Crippen molar-refractivity contribution in [2.24, 2.45) is 0 Å². The van der Waals surface area contributed by atoms with Crippen molar-refractivity contribution in [1.82, 2.24) is 0 Å². The molecule has 147 valence electrons. The summed E-state index contributed by atoms with van der Waals surface area (Å²) in [5.41, 5.74) is 2.07. The highest BCUT2D eigenvalue weighted by molar-refractivity contribution is 7.86. The second kappa shape index (κ2) is 8.63. The predicted octanol–water partition coefficient (Wildman–Crippen LogP) is 3.80. The first-order valence-corrected chi connectivity index (χ1v) is 10.6. The van der Waals surface area contributed by atoms with E-state index < -0.39 is 10.1 Å². The molecule has 2 rings (SSSR count). The largest absolute Gasteiger partial charge is 0.507 e. The van der Waals surface area contributed by atoms with Crippen LogP contribution in [0.1, 0.15) is 27.7 Å². The molecule has 0 aliphatic rings. The molecule has 0 amide bonds. The van der Waals surface area contributed by atoms with E-state index in [1.807, 2.05) is 38.7 Å². The Kier molecular flexibility index (Phi) is 6.73. The average Bonchev–Trinajstić information content (AvgIpc) is 2.63. The number of phenolic OH excluding ortho intramolecular Hbond substituents is 1. The fourth-order valence-corrected chi connectivity index (χ4v) is 3.97. The van der Waals surface area contributed by atoms with Crippen LogP contribution in [0, 0.1) is 6.07 Å². The highest BCUT2D eigenvalue weighted by atomic mass is 32.2. The van der Waals surface area contributed by atoms with Crippen molar-refractivity contribution >= 4 is 21.5 Å². The van der Waals surface area contributed by atoms with Crippen LogP contribution in [0.3, 0.4) is 0 Å². The molecule has 0 saturated heterocycles. The number of rotatable bonds is 8. The molecule has 6 nitrogen and oxygen atoms in total. The number of anilines is 2. The molecule has 0 spiro atoms. The number of hydrogen-bond acceptors (Lipinski definition) is 5. The van der Waals surface area contributed by atoms with Gasteiger partial charge in [0.2, 0.25) is 0 Å². The first kappa shape index (κ1) is 21.1. The van der Waals surface area contributed by atoms with Gasteiger partial charge in [-0.1, -0.05) is 6.07 Å². The summed E-state index contributed by atoms with van der Waals surface area (Å²) >= 11 is 0. The van der Waals surface area contributed by atoms with Crippen molar-refractivity contribution < 1.29 is 18.1 Å². The van der Waals surface area contributed by atoms with Crippen LogP contribution in [0.5, 0.6) is 5.75 Å². The molecule has 0 atom stereocenters. The van der Waals surface area contributed by atoms with Crippen molar-refractivity contribution in [3.63, 3.8) is 0 Å². The van der Waals surface area contributed by atoms with Gasteiger partial charge in [-0.25, -0.2) is 0 Å². The molecule has 0 aliphatic heterocycles. The maximum Gasteiger partial charge on any atom is 0.295 e. The monoisotopic (exact) mass is 391 g/mol. The summed E-state index contributed by atoms with van der Waals surface area (Å²) in [6.45, 7) is 10.8.